The van der Waals surface area contributed by atoms with Crippen LogP contribution in [-0.2, 0) is 0 Å². The van der Waals surface area contributed by atoms with Gasteiger partial charge in [0, 0.05) is 0 Å². The van der Waals surface area contributed by atoms with E-state index in [0.717, 1.165) is 0 Å². The fraction of sp³-hybridized carbons (Fsp3) is 1.00. The summed E-state index contributed by atoms with van der Waals surface area (Å²) >= 11 is -1.66. The summed E-state index contributed by atoms with van der Waals surface area (Å²) in [5.41, 5.74) is 0. The summed E-state index contributed by atoms with van der Waals surface area (Å²) in [6, 6.07) is 0. The Morgan fingerprint density at radius 2 is 1.25 bits per heavy atom. The molecule has 0 rings (SSSR count). The summed E-state index contributed by atoms with van der Waals surface area (Å²) in [4.78, 5) is 0. The van der Waals surface area contributed by atoms with Crippen molar-refractivity contribution in [2.24, 2.45) is 0 Å². The summed E-state index contributed by atoms with van der Waals surface area (Å²) in [7, 11) is 5.51. The van der Waals surface area contributed by atoms with Gasteiger partial charge in [-0.25, -0.2) is 0 Å². The Morgan fingerprint density at radius 3 is 1.25 bits per heavy atom. The topological polar surface area (TPSA) is 0 Å². The molecule has 0 nitrogen and oxygen atoms in total. The van der Waals surface area contributed by atoms with Gasteiger partial charge in [-0.3, -0.25) is 0 Å². The van der Waals surface area contributed by atoms with E-state index in [0.29, 0.717) is 0 Å². The third kappa shape index (κ3) is 2.55. The van der Waals surface area contributed by atoms with E-state index in [2.05, 4.69) is 20.8 Å². The number of hydrogen-bond donors (Lipinski definition) is 0. The molecule has 0 saturated heterocycles. The minimum atomic E-state index is -1.66. The third-order valence-electron chi connectivity index (χ3n) is 1.73. The van der Waals surface area contributed by atoms with Crippen molar-refractivity contribution < 1.29 is 0 Å². The molecule has 0 fully saturated rings. The standard InChI is InChI=1S/3C2H5.S.Sb/c3*1-2;;/h3*1H2,2H3;;. The van der Waals surface area contributed by atoms with Gasteiger partial charge in [-0.15, -0.1) is 0 Å². The molecule has 0 aromatic carbocycles. The molecule has 0 N–H and O–H groups in total. The molecule has 2 heteroatoms. The van der Waals surface area contributed by atoms with E-state index in [4.69, 9.17) is 9.19 Å². The number of rotatable bonds is 3. The van der Waals surface area contributed by atoms with Crippen LogP contribution in [0, 0.1) is 0 Å². The summed E-state index contributed by atoms with van der Waals surface area (Å²) in [5.74, 6) is 0. The minimum absolute atomic E-state index is 1.33. The first-order valence-corrected chi connectivity index (χ1v) is 12.2. The first-order chi connectivity index (χ1) is 3.68. The van der Waals surface area contributed by atoms with Crippen molar-refractivity contribution in [1.82, 2.24) is 0 Å². The van der Waals surface area contributed by atoms with Gasteiger partial charge >= 0.3 is 59.9 Å². The van der Waals surface area contributed by atoms with Crippen molar-refractivity contribution in [1.29, 1.82) is 0 Å². The van der Waals surface area contributed by atoms with E-state index >= 15 is 0 Å². The first-order valence-electron chi connectivity index (χ1n) is 3.25. The Kier molecular flexibility index (Phi) is 4.46. The van der Waals surface area contributed by atoms with Crippen molar-refractivity contribution in [3.63, 3.8) is 0 Å². The molecule has 0 aromatic heterocycles. The van der Waals surface area contributed by atoms with Crippen molar-refractivity contribution >= 4 is 26.0 Å². The molecule has 50 valence electrons. The average molecular weight is 241 g/mol. The third-order valence-corrected chi connectivity index (χ3v) is 16.8. The molecular weight excluding hydrogens is 226 g/mol. The Labute approximate surface area is 59.8 Å². The van der Waals surface area contributed by atoms with E-state index < -0.39 is 16.8 Å². The van der Waals surface area contributed by atoms with E-state index in [1.54, 1.807) is 0 Å². The molecule has 0 aliphatic heterocycles. The number of hydrogen-bond acceptors (Lipinski definition) is 1. The second-order valence-electron chi connectivity index (χ2n) is 2.01. The van der Waals surface area contributed by atoms with Crippen molar-refractivity contribution in [3.8, 4) is 0 Å². The van der Waals surface area contributed by atoms with Gasteiger partial charge in [0.05, 0.1) is 0 Å². The fourth-order valence-corrected chi connectivity index (χ4v) is 4.50. The molecule has 0 radical (unpaired) electrons. The summed E-state index contributed by atoms with van der Waals surface area (Å²) in [5, 5.41) is 0. The normalized spacial score (nSPS) is 11.9. The quantitative estimate of drug-likeness (QED) is 0.683. The van der Waals surface area contributed by atoms with Crippen LogP contribution in [-0.4, -0.2) is 16.8 Å². The Hall–Kier alpha value is 1.04. The molecule has 0 saturated carbocycles. The predicted octanol–water partition coefficient (Wildman–Crippen LogP) is 3.19. The fourth-order valence-electron chi connectivity index (χ4n) is 0.671. The monoisotopic (exact) mass is 240 g/mol. The molecule has 0 bridgehead atoms. The van der Waals surface area contributed by atoms with Gasteiger partial charge in [-0.1, -0.05) is 0 Å². The zero-order valence-corrected chi connectivity index (χ0v) is 9.35. The van der Waals surface area contributed by atoms with Gasteiger partial charge in [-0.2, -0.15) is 0 Å². The van der Waals surface area contributed by atoms with Gasteiger partial charge in [0.25, 0.3) is 0 Å². The molecule has 0 aliphatic rings. The van der Waals surface area contributed by atoms with Crippen molar-refractivity contribution in [2.75, 3.05) is 0 Å². The Bertz CT molecular complexity index is 79.7. The van der Waals surface area contributed by atoms with Gasteiger partial charge in [0.15, 0.2) is 0 Å². The van der Waals surface area contributed by atoms with E-state index in [-0.39, 0.29) is 0 Å². The SMILES string of the molecule is C[CH2][Sb](=[S])([CH2]C)[CH2]C. The second-order valence-corrected chi connectivity index (χ2v) is 18.7. The predicted molar refractivity (Wildman–Crippen MR) is 44.8 cm³/mol. The van der Waals surface area contributed by atoms with Crippen LogP contribution >= 0.6 is 9.19 Å². The van der Waals surface area contributed by atoms with Crippen molar-refractivity contribution in [3.05, 3.63) is 0 Å². The van der Waals surface area contributed by atoms with Gasteiger partial charge in [0.2, 0.25) is 0 Å². The van der Waals surface area contributed by atoms with Gasteiger partial charge < -0.3 is 0 Å². The van der Waals surface area contributed by atoms with Crippen LogP contribution in [0.2, 0.25) is 13.1 Å². The second kappa shape index (κ2) is 3.95. The molecule has 0 amide bonds. The summed E-state index contributed by atoms with van der Waals surface area (Å²) in [6.45, 7) is 6.77. The zero-order chi connectivity index (χ0) is 6.62. The maximum atomic E-state index is 5.51. The molecular formula is C6H15SSb. The van der Waals surface area contributed by atoms with Crippen LogP contribution in [0.3, 0.4) is 0 Å². The molecule has 0 unspecified atom stereocenters. The van der Waals surface area contributed by atoms with Crippen LogP contribution in [0.1, 0.15) is 20.8 Å². The maximum absolute atomic E-state index is 5.51. The first kappa shape index (κ1) is 9.04. The Morgan fingerprint density at radius 1 is 1.00 bits per heavy atom. The van der Waals surface area contributed by atoms with Crippen LogP contribution < -0.4 is 0 Å². The van der Waals surface area contributed by atoms with Gasteiger partial charge in [-0.05, 0) is 0 Å². The summed E-state index contributed by atoms with van der Waals surface area (Å²) < 4.78 is 4.00. The van der Waals surface area contributed by atoms with Crippen LogP contribution in [0.5, 0.6) is 0 Å². The van der Waals surface area contributed by atoms with Gasteiger partial charge in [0.1, 0.15) is 0 Å². The Balaban J connectivity index is 3.79. The molecule has 0 spiro atoms. The average Bonchev–Trinajstić information content (AvgIpc) is 1.87. The van der Waals surface area contributed by atoms with Crippen molar-refractivity contribution in [2.45, 2.75) is 33.9 Å². The van der Waals surface area contributed by atoms with Crippen LogP contribution in [0.15, 0.2) is 0 Å². The van der Waals surface area contributed by atoms with Crippen LogP contribution in [0.25, 0.3) is 0 Å². The molecule has 0 heterocycles. The van der Waals surface area contributed by atoms with Crippen LogP contribution in [0.4, 0.5) is 0 Å². The molecule has 0 aromatic rings. The van der Waals surface area contributed by atoms with E-state index in [1.807, 2.05) is 0 Å². The molecule has 0 atom stereocenters. The molecule has 0 aliphatic carbocycles. The zero-order valence-electron chi connectivity index (χ0n) is 5.98. The summed E-state index contributed by atoms with van der Waals surface area (Å²) in [6.07, 6.45) is 0. The van der Waals surface area contributed by atoms with E-state index in [1.165, 1.54) is 13.1 Å². The van der Waals surface area contributed by atoms with E-state index in [9.17, 15) is 0 Å². The molecule has 8 heavy (non-hydrogen) atoms.